The number of carbonyl (C=O) groups is 1. The zero-order valence-corrected chi connectivity index (χ0v) is 10.6. The molecule has 1 unspecified atom stereocenters. The molecule has 0 saturated heterocycles. The number of hydrogen-bond acceptors (Lipinski definition) is 3. The van der Waals surface area contributed by atoms with Gasteiger partial charge in [-0.3, -0.25) is 4.79 Å². The Morgan fingerprint density at radius 3 is 2.65 bits per heavy atom. The normalized spacial score (nSPS) is 12.3. The van der Waals surface area contributed by atoms with E-state index < -0.39 is 24.1 Å². The maximum atomic E-state index is 12.1. The summed E-state index contributed by atoms with van der Waals surface area (Å²) in [5, 5.41) is 2.53. The average Bonchev–Trinajstić information content (AvgIpc) is 2.36. The van der Waals surface area contributed by atoms with Gasteiger partial charge < -0.3 is 15.8 Å². The van der Waals surface area contributed by atoms with E-state index in [1.54, 1.807) is 6.92 Å². The van der Waals surface area contributed by atoms with Crippen LogP contribution < -0.4 is 15.8 Å². The fourth-order valence-electron chi connectivity index (χ4n) is 1.41. The van der Waals surface area contributed by atoms with Gasteiger partial charge in [0.05, 0.1) is 11.7 Å². The topological polar surface area (TPSA) is 64.3 Å². The number of nitrogens with two attached hydrogens (primary N) is 1. The van der Waals surface area contributed by atoms with Crippen molar-refractivity contribution < 1.29 is 22.7 Å². The minimum atomic E-state index is -4.84. The Labute approximate surface area is 114 Å². The van der Waals surface area contributed by atoms with Crippen LogP contribution in [0.3, 0.4) is 0 Å². The predicted molar refractivity (Wildman–Crippen MR) is 67.9 cm³/mol. The minimum Gasteiger partial charge on any atom is -0.404 e. The summed E-state index contributed by atoms with van der Waals surface area (Å²) in [5.41, 5.74) is 5.23. The third-order valence-corrected chi connectivity index (χ3v) is 2.41. The molecule has 1 aromatic rings. The molecule has 108 valence electrons. The van der Waals surface area contributed by atoms with Crippen LogP contribution in [0.15, 0.2) is 18.2 Å². The van der Waals surface area contributed by atoms with Crippen LogP contribution in [0.25, 0.3) is 0 Å². The van der Waals surface area contributed by atoms with E-state index in [-0.39, 0.29) is 11.3 Å². The Morgan fingerprint density at radius 1 is 1.55 bits per heavy atom. The first-order valence-electron chi connectivity index (χ1n) is 5.69. The molecule has 4 nitrogen and oxygen atoms in total. The van der Waals surface area contributed by atoms with Gasteiger partial charge >= 0.3 is 6.36 Å². The highest BCUT2D eigenvalue weighted by Gasteiger charge is 2.32. The highest BCUT2D eigenvalue weighted by Crippen LogP contribution is 2.28. The van der Waals surface area contributed by atoms with Crippen LogP contribution in [-0.2, 0) is 0 Å². The minimum absolute atomic E-state index is 0.103. The highest BCUT2D eigenvalue weighted by atomic mass is 19.4. The van der Waals surface area contributed by atoms with E-state index in [4.69, 9.17) is 12.2 Å². The standard InChI is InChI=1S/C13H13F3N2O2/c1-3-9(4-2)18-12(19)8-5-6-11(10(17)7-8)20-13(14,15)16/h1,5-7,9H,4,17H2,2H3,(H,18,19). The van der Waals surface area contributed by atoms with Crippen molar-refractivity contribution in [2.24, 2.45) is 0 Å². The van der Waals surface area contributed by atoms with E-state index in [0.717, 1.165) is 12.1 Å². The summed E-state index contributed by atoms with van der Waals surface area (Å²) in [6, 6.07) is 2.80. The number of ether oxygens (including phenoxy) is 1. The van der Waals surface area contributed by atoms with Gasteiger partial charge in [0.1, 0.15) is 0 Å². The van der Waals surface area contributed by atoms with Crippen molar-refractivity contribution in [3.8, 4) is 18.1 Å². The molecular weight excluding hydrogens is 273 g/mol. The van der Waals surface area contributed by atoms with Gasteiger partial charge in [0.2, 0.25) is 0 Å². The van der Waals surface area contributed by atoms with Gasteiger partial charge in [0.15, 0.2) is 5.75 Å². The van der Waals surface area contributed by atoms with Crippen LogP contribution in [0.1, 0.15) is 23.7 Å². The van der Waals surface area contributed by atoms with E-state index >= 15 is 0 Å². The molecule has 0 aliphatic carbocycles. The molecule has 0 aliphatic heterocycles. The van der Waals surface area contributed by atoms with Gasteiger partial charge in [-0.2, -0.15) is 0 Å². The predicted octanol–water partition coefficient (Wildman–Crippen LogP) is 2.31. The first kappa shape index (κ1) is 15.7. The number of rotatable bonds is 4. The number of terminal acetylenes is 1. The maximum Gasteiger partial charge on any atom is 0.573 e. The number of halogens is 3. The number of carbonyl (C=O) groups excluding carboxylic acids is 1. The van der Waals surface area contributed by atoms with E-state index in [1.807, 2.05) is 0 Å². The van der Waals surface area contributed by atoms with Crippen molar-refractivity contribution in [3.63, 3.8) is 0 Å². The van der Waals surface area contributed by atoms with Crippen molar-refractivity contribution >= 4 is 11.6 Å². The van der Waals surface area contributed by atoms with Crippen molar-refractivity contribution in [2.75, 3.05) is 5.73 Å². The molecular formula is C13H13F3N2O2. The van der Waals surface area contributed by atoms with Crippen LogP contribution in [0.4, 0.5) is 18.9 Å². The lowest BCUT2D eigenvalue weighted by Crippen LogP contribution is -2.33. The van der Waals surface area contributed by atoms with Crippen LogP contribution in [-0.4, -0.2) is 18.3 Å². The van der Waals surface area contributed by atoms with E-state index in [0.29, 0.717) is 6.42 Å². The lowest BCUT2D eigenvalue weighted by molar-refractivity contribution is -0.274. The Morgan fingerprint density at radius 2 is 2.20 bits per heavy atom. The summed E-state index contributed by atoms with van der Waals surface area (Å²) in [6.45, 7) is 1.79. The zero-order chi connectivity index (χ0) is 15.3. The fraction of sp³-hybridized carbons (Fsp3) is 0.308. The van der Waals surface area contributed by atoms with Gasteiger partial charge in [-0.25, -0.2) is 0 Å². The second kappa shape index (κ2) is 6.19. The van der Waals surface area contributed by atoms with Crippen LogP contribution in [0.5, 0.6) is 5.75 Å². The second-order valence-corrected chi connectivity index (χ2v) is 3.90. The molecule has 0 spiro atoms. The third-order valence-electron chi connectivity index (χ3n) is 2.41. The molecule has 7 heteroatoms. The molecule has 3 N–H and O–H groups in total. The molecule has 0 aliphatic rings. The SMILES string of the molecule is C#CC(CC)NC(=O)c1ccc(OC(F)(F)F)c(N)c1. The number of benzene rings is 1. The van der Waals surface area contributed by atoms with Gasteiger partial charge in [-0.15, -0.1) is 19.6 Å². The summed E-state index contributed by atoms with van der Waals surface area (Å²) in [5.74, 6) is 1.30. The summed E-state index contributed by atoms with van der Waals surface area (Å²) < 4.78 is 39.9. The van der Waals surface area contributed by atoms with Gasteiger partial charge in [0, 0.05) is 5.56 Å². The maximum absolute atomic E-state index is 12.1. The van der Waals surface area contributed by atoms with E-state index in [1.165, 1.54) is 6.07 Å². The molecule has 0 saturated carbocycles. The number of hydrogen-bond donors (Lipinski definition) is 2. The molecule has 1 rings (SSSR count). The van der Waals surface area contributed by atoms with Gasteiger partial charge in [-0.05, 0) is 24.6 Å². The quantitative estimate of drug-likeness (QED) is 0.659. The van der Waals surface area contributed by atoms with Gasteiger partial charge in [-0.1, -0.05) is 12.8 Å². The van der Waals surface area contributed by atoms with E-state index in [9.17, 15) is 18.0 Å². The van der Waals surface area contributed by atoms with Crippen LogP contribution in [0, 0.1) is 12.3 Å². The largest absolute Gasteiger partial charge is 0.573 e. The average molecular weight is 286 g/mol. The summed E-state index contributed by atoms with van der Waals surface area (Å²) >= 11 is 0. The number of alkyl halides is 3. The van der Waals surface area contributed by atoms with Crippen LogP contribution >= 0.6 is 0 Å². The first-order chi connectivity index (χ1) is 9.26. The molecule has 0 radical (unpaired) electrons. The Hall–Kier alpha value is -2.36. The fourth-order valence-corrected chi connectivity index (χ4v) is 1.41. The number of amides is 1. The highest BCUT2D eigenvalue weighted by molar-refractivity contribution is 5.95. The number of nitrogen functional groups attached to an aromatic ring is 1. The first-order valence-corrected chi connectivity index (χ1v) is 5.69. The molecule has 1 atom stereocenters. The molecule has 20 heavy (non-hydrogen) atoms. The molecule has 0 aromatic heterocycles. The number of nitrogens with one attached hydrogen (secondary N) is 1. The zero-order valence-electron chi connectivity index (χ0n) is 10.6. The smallest absolute Gasteiger partial charge is 0.404 e. The monoisotopic (exact) mass is 286 g/mol. The molecule has 0 heterocycles. The molecule has 1 amide bonds. The lowest BCUT2D eigenvalue weighted by Gasteiger charge is -2.13. The Bertz CT molecular complexity index is 535. The molecule has 1 aromatic carbocycles. The Kier molecular flexibility index (Phi) is 4.86. The third kappa shape index (κ3) is 4.39. The van der Waals surface area contributed by atoms with Gasteiger partial charge in [0.25, 0.3) is 5.91 Å². The molecule has 0 bridgehead atoms. The summed E-state index contributed by atoms with van der Waals surface area (Å²) in [7, 11) is 0. The summed E-state index contributed by atoms with van der Waals surface area (Å²) in [4.78, 5) is 11.8. The van der Waals surface area contributed by atoms with Crippen molar-refractivity contribution in [3.05, 3.63) is 23.8 Å². The van der Waals surface area contributed by atoms with Crippen molar-refractivity contribution in [1.82, 2.24) is 5.32 Å². The Balaban J connectivity index is 2.87. The number of anilines is 1. The second-order valence-electron chi connectivity index (χ2n) is 3.90. The molecule has 0 fully saturated rings. The summed E-state index contributed by atoms with van der Waals surface area (Å²) in [6.07, 6.45) is 0.895. The van der Waals surface area contributed by atoms with Crippen LogP contribution in [0.2, 0.25) is 0 Å². The van der Waals surface area contributed by atoms with E-state index in [2.05, 4.69) is 16.0 Å². The van der Waals surface area contributed by atoms with Crippen molar-refractivity contribution in [2.45, 2.75) is 25.7 Å². The lowest BCUT2D eigenvalue weighted by atomic mass is 10.1. The van der Waals surface area contributed by atoms with Crippen molar-refractivity contribution in [1.29, 1.82) is 0 Å².